The molecule has 0 saturated carbocycles. The number of methoxy groups -OCH3 is 1. The third-order valence-corrected chi connectivity index (χ3v) is 4.80. The molecule has 130 valence electrons. The zero-order valence-electron chi connectivity index (χ0n) is 13.7. The molecule has 0 bridgehead atoms. The zero-order valence-corrected chi connectivity index (χ0v) is 13.7. The number of nitrogens with zero attached hydrogens (tertiary/aromatic N) is 2. The Kier molecular flexibility index (Phi) is 4.99. The van der Waals surface area contributed by atoms with E-state index in [2.05, 4.69) is 5.32 Å². The van der Waals surface area contributed by atoms with Crippen LogP contribution in [0.15, 0.2) is 24.3 Å². The Morgan fingerprint density at radius 2 is 1.92 bits per heavy atom. The lowest BCUT2D eigenvalue weighted by atomic mass is 9.98. The number of piperidine rings is 1. The SMILES string of the molecule is COC(=O)[C@@H](c1ccc(F)cc1)N1CCC(N2CCNC2=O)CC1. The predicted molar refractivity (Wildman–Crippen MR) is 85.9 cm³/mol. The van der Waals surface area contributed by atoms with Gasteiger partial charge in [-0.1, -0.05) is 12.1 Å². The minimum Gasteiger partial charge on any atom is -0.468 e. The molecule has 24 heavy (non-hydrogen) atoms. The second kappa shape index (κ2) is 7.17. The molecule has 0 aromatic heterocycles. The maximum absolute atomic E-state index is 13.2. The molecule has 0 aliphatic carbocycles. The van der Waals surface area contributed by atoms with Gasteiger partial charge in [-0.15, -0.1) is 0 Å². The van der Waals surface area contributed by atoms with Crippen molar-refractivity contribution in [1.29, 1.82) is 0 Å². The van der Waals surface area contributed by atoms with Gasteiger partial charge >= 0.3 is 12.0 Å². The van der Waals surface area contributed by atoms with E-state index in [-0.39, 0.29) is 23.9 Å². The molecule has 1 N–H and O–H groups in total. The van der Waals surface area contributed by atoms with Gasteiger partial charge in [-0.3, -0.25) is 4.90 Å². The number of hydrogen-bond donors (Lipinski definition) is 1. The molecule has 2 saturated heterocycles. The molecule has 2 fully saturated rings. The maximum atomic E-state index is 13.2. The number of esters is 1. The number of likely N-dealkylation sites (tertiary alicyclic amines) is 1. The van der Waals surface area contributed by atoms with E-state index in [1.54, 1.807) is 12.1 Å². The first kappa shape index (κ1) is 16.7. The summed E-state index contributed by atoms with van der Waals surface area (Å²) in [6.45, 7) is 2.80. The zero-order chi connectivity index (χ0) is 17.1. The van der Waals surface area contributed by atoms with Crippen molar-refractivity contribution in [3.63, 3.8) is 0 Å². The summed E-state index contributed by atoms with van der Waals surface area (Å²) in [5.41, 5.74) is 0.723. The molecule has 1 aromatic carbocycles. The predicted octanol–water partition coefficient (Wildman–Crippen LogP) is 1.53. The highest BCUT2D eigenvalue weighted by Crippen LogP contribution is 2.28. The van der Waals surface area contributed by atoms with E-state index in [0.29, 0.717) is 19.6 Å². The summed E-state index contributed by atoms with van der Waals surface area (Å²) in [4.78, 5) is 28.0. The molecule has 2 aliphatic heterocycles. The number of amides is 2. The van der Waals surface area contributed by atoms with Crippen LogP contribution in [0.5, 0.6) is 0 Å². The van der Waals surface area contributed by atoms with Crippen LogP contribution in [0.4, 0.5) is 9.18 Å². The summed E-state index contributed by atoms with van der Waals surface area (Å²) < 4.78 is 18.1. The van der Waals surface area contributed by atoms with Crippen LogP contribution in [0, 0.1) is 5.82 Å². The highest BCUT2D eigenvalue weighted by atomic mass is 19.1. The van der Waals surface area contributed by atoms with E-state index in [1.807, 2.05) is 9.80 Å². The largest absolute Gasteiger partial charge is 0.468 e. The molecule has 1 aromatic rings. The molecular formula is C17H22FN3O3. The van der Waals surface area contributed by atoms with Gasteiger partial charge in [0.2, 0.25) is 0 Å². The quantitative estimate of drug-likeness (QED) is 0.848. The van der Waals surface area contributed by atoms with Crippen LogP contribution in [0.25, 0.3) is 0 Å². The van der Waals surface area contributed by atoms with E-state index in [4.69, 9.17) is 4.74 Å². The van der Waals surface area contributed by atoms with Crippen LogP contribution in [-0.4, -0.2) is 61.1 Å². The lowest BCUT2D eigenvalue weighted by Crippen LogP contribution is -2.48. The standard InChI is InChI=1S/C17H22FN3O3/c1-24-16(22)15(12-2-4-13(18)5-3-12)20-9-6-14(7-10-20)21-11-8-19-17(21)23/h2-5,14-15H,6-11H2,1H3,(H,19,23)/t15-/m1/s1. The van der Waals surface area contributed by atoms with Crippen molar-refractivity contribution in [3.05, 3.63) is 35.6 Å². The van der Waals surface area contributed by atoms with Crippen LogP contribution < -0.4 is 5.32 Å². The van der Waals surface area contributed by atoms with Gasteiger partial charge in [0, 0.05) is 32.2 Å². The molecule has 2 amide bonds. The average molecular weight is 335 g/mol. The van der Waals surface area contributed by atoms with Gasteiger partial charge in [0.05, 0.1) is 7.11 Å². The van der Waals surface area contributed by atoms with Crippen LogP contribution in [0.1, 0.15) is 24.4 Å². The summed E-state index contributed by atoms with van der Waals surface area (Å²) in [5, 5.41) is 2.82. The topological polar surface area (TPSA) is 61.9 Å². The van der Waals surface area contributed by atoms with Crippen molar-refractivity contribution in [3.8, 4) is 0 Å². The van der Waals surface area contributed by atoms with Crippen molar-refractivity contribution < 1.29 is 18.7 Å². The van der Waals surface area contributed by atoms with Crippen LogP contribution in [0.2, 0.25) is 0 Å². The van der Waals surface area contributed by atoms with E-state index in [9.17, 15) is 14.0 Å². The van der Waals surface area contributed by atoms with Gasteiger partial charge in [0.15, 0.2) is 0 Å². The average Bonchev–Trinajstić information content (AvgIpc) is 3.03. The van der Waals surface area contributed by atoms with Gasteiger partial charge in [0.1, 0.15) is 11.9 Å². The second-order valence-electron chi connectivity index (χ2n) is 6.17. The molecular weight excluding hydrogens is 313 g/mol. The van der Waals surface area contributed by atoms with Crippen LogP contribution in [-0.2, 0) is 9.53 Å². The third-order valence-electron chi connectivity index (χ3n) is 4.80. The Bertz CT molecular complexity index is 600. The van der Waals surface area contributed by atoms with Crippen molar-refractivity contribution >= 4 is 12.0 Å². The van der Waals surface area contributed by atoms with Gasteiger partial charge in [0.25, 0.3) is 0 Å². The Morgan fingerprint density at radius 3 is 2.46 bits per heavy atom. The van der Waals surface area contributed by atoms with Gasteiger partial charge < -0.3 is 15.0 Å². The number of ether oxygens (including phenoxy) is 1. The molecule has 2 aliphatic rings. The van der Waals surface area contributed by atoms with Crippen molar-refractivity contribution in [2.24, 2.45) is 0 Å². The lowest BCUT2D eigenvalue weighted by molar-refractivity contribution is -0.148. The molecule has 2 heterocycles. The van der Waals surface area contributed by atoms with E-state index in [0.717, 1.165) is 24.9 Å². The molecule has 7 heteroatoms. The molecule has 3 rings (SSSR count). The number of nitrogens with one attached hydrogen (secondary N) is 1. The van der Waals surface area contributed by atoms with E-state index in [1.165, 1.54) is 19.2 Å². The Balaban J connectivity index is 1.70. The van der Waals surface area contributed by atoms with E-state index >= 15 is 0 Å². The van der Waals surface area contributed by atoms with Crippen molar-refractivity contribution in [1.82, 2.24) is 15.1 Å². The first-order valence-corrected chi connectivity index (χ1v) is 8.22. The second-order valence-corrected chi connectivity index (χ2v) is 6.17. The highest BCUT2D eigenvalue weighted by Gasteiger charge is 2.35. The first-order valence-electron chi connectivity index (χ1n) is 8.22. The number of hydrogen-bond acceptors (Lipinski definition) is 4. The fourth-order valence-electron chi connectivity index (χ4n) is 3.54. The van der Waals surface area contributed by atoms with Crippen molar-refractivity contribution in [2.45, 2.75) is 24.9 Å². The fraction of sp³-hybridized carbons (Fsp3) is 0.529. The van der Waals surface area contributed by atoms with Gasteiger partial charge in [-0.2, -0.15) is 0 Å². The monoisotopic (exact) mass is 335 g/mol. The van der Waals surface area contributed by atoms with Crippen LogP contribution >= 0.6 is 0 Å². The summed E-state index contributed by atoms with van der Waals surface area (Å²) in [7, 11) is 1.36. The summed E-state index contributed by atoms with van der Waals surface area (Å²) in [6, 6.07) is 5.61. The minimum absolute atomic E-state index is 0.00324. The van der Waals surface area contributed by atoms with Gasteiger partial charge in [-0.25, -0.2) is 14.0 Å². The fourth-order valence-corrected chi connectivity index (χ4v) is 3.54. The number of benzene rings is 1. The smallest absolute Gasteiger partial charge is 0.327 e. The van der Waals surface area contributed by atoms with Gasteiger partial charge in [-0.05, 0) is 30.5 Å². The summed E-state index contributed by atoms with van der Waals surface area (Å²) in [5.74, 6) is -0.680. The first-order chi connectivity index (χ1) is 11.6. The Labute approximate surface area is 140 Å². The maximum Gasteiger partial charge on any atom is 0.327 e. The summed E-state index contributed by atoms with van der Waals surface area (Å²) in [6.07, 6.45) is 1.62. The number of rotatable bonds is 4. The molecule has 0 unspecified atom stereocenters. The molecule has 6 nitrogen and oxygen atoms in total. The normalized spacial score (nSPS) is 20.8. The van der Waals surface area contributed by atoms with E-state index < -0.39 is 6.04 Å². The molecule has 1 atom stereocenters. The number of carbonyl (C=O) groups is 2. The Hall–Kier alpha value is -2.15. The number of halogens is 1. The number of urea groups is 1. The lowest BCUT2D eigenvalue weighted by Gasteiger charge is -2.39. The minimum atomic E-state index is -0.538. The number of carbonyl (C=O) groups excluding carboxylic acids is 2. The molecule has 0 radical (unpaired) electrons. The summed E-state index contributed by atoms with van der Waals surface area (Å²) >= 11 is 0. The highest BCUT2D eigenvalue weighted by molar-refractivity contribution is 5.78. The third kappa shape index (κ3) is 3.36. The van der Waals surface area contributed by atoms with Crippen LogP contribution in [0.3, 0.4) is 0 Å². The van der Waals surface area contributed by atoms with Crippen molar-refractivity contribution in [2.75, 3.05) is 33.3 Å². The Morgan fingerprint density at radius 1 is 1.25 bits per heavy atom. The molecule has 0 spiro atoms.